The van der Waals surface area contributed by atoms with E-state index in [-0.39, 0.29) is 12.7 Å². The van der Waals surface area contributed by atoms with Crippen LogP contribution in [0.15, 0.2) is 24.5 Å². The third kappa shape index (κ3) is 3.52. The topological polar surface area (TPSA) is 79.8 Å². The molecule has 142 valence electrons. The normalized spacial score (nSPS) is 15.8. The minimum absolute atomic E-state index is 0.0520. The van der Waals surface area contributed by atoms with Crippen molar-refractivity contribution in [2.75, 3.05) is 43.7 Å². The molecule has 1 fully saturated rings. The molecule has 2 aromatic rings. The van der Waals surface area contributed by atoms with Gasteiger partial charge in [0.15, 0.2) is 11.5 Å². The van der Waals surface area contributed by atoms with Gasteiger partial charge in [-0.05, 0) is 33.0 Å². The number of rotatable bonds is 5. The summed E-state index contributed by atoms with van der Waals surface area (Å²) in [5.74, 6) is 2.29. The lowest BCUT2D eigenvalue weighted by molar-refractivity contribution is -0.117. The summed E-state index contributed by atoms with van der Waals surface area (Å²) in [5.41, 5.74) is 2.82. The van der Waals surface area contributed by atoms with Crippen molar-refractivity contribution in [2.24, 2.45) is 0 Å². The molecular weight excluding hydrogens is 346 g/mol. The summed E-state index contributed by atoms with van der Waals surface area (Å²) < 4.78 is 10.6. The predicted octanol–water partition coefficient (Wildman–Crippen LogP) is 1.58. The van der Waals surface area contributed by atoms with Crippen LogP contribution >= 0.6 is 0 Å². The summed E-state index contributed by atoms with van der Waals surface area (Å²) in [5, 5.41) is 2.91. The van der Waals surface area contributed by atoms with Crippen molar-refractivity contribution in [3.63, 3.8) is 0 Å². The van der Waals surface area contributed by atoms with E-state index in [1.165, 1.54) is 0 Å². The van der Waals surface area contributed by atoms with Crippen LogP contribution in [-0.4, -0.2) is 60.3 Å². The van der Waals surface area contributed by atoms with Crippen LogP contribution < -0.4 is 19.7 Å². The Hall–Kier alpha value is -2.87. The third-order valence-electron chi connectivity index (χ3n) is 5.14. The number of ether oxygens (including phenoxy) is 2. The van der Waals surface area contributed by atoms with Gasteiger partial charge in [-0.3, -0.25) is 9.69 Å². The van der Waals surface area contributed by atoms with Gasteiger partial charge in [-0.1, -0.05) is 0 Å². The van der Waals surface area contributed by atoms with Crippen molar-refractivity contribution >= 4 is 17.4 Å². The summed E-state index contributed by atoms with van der Waals surface area (Å²) in [6.07, 6.45) is 1.60. The number of aromatic nitrogens is 2. The van der Waals surface area contributed by atoms with Crippen molar-refractivity contribution in [1.29, 1.82) is 0 Å². The third-order valence-corrected chi connectivity index (χ3v) is 5.14. The average Bonchev–Trinajstić information content (AvgIpc) is 3.05. The number of fused-ring (bicyclic) bond motifs is 1. The van der Waals surface area contributed by atoms with E-state index in [0.29, 0.717) is 29.8 Å². The lowest BCUT2D eigenvalue weighted by Crippen LogP contribution is -2.60. The van der Waals surface area contributed by atoms with E-state index >= 15 is 0 Å². The predicted molar refractivity (Wildman–Crippen MR) is 101 cm³/mol. The van der Waals surface area contributed by atoms with Crippen molar-refractivity contribution in [1.82, 2.24) is 14.9 Å². The van der Waals surface area contributed by atoms with E-state index in [1.807, 2.05) is 27.0 Å². The zero-order valence-corrected chi connectivity index (χ0v) is 15.7. The summed E-state index contributed by atoms with van der Waals surface area (Å²) in [6, 6.07) is 5.72. The molecule has 8 nitrogen and oxygen atoms in total. The van der Waals surface area contributed by atoms with Gasteiger partial charge in [-0.2, -0.15) is 0 Å². The molecule has 1 aromatic carbocycles. The highest BCUT2D eigenvalue weighted by Crippen LogP contribution is 2.34. The van der Waals surface area contributed by atoms with Crippen LogP contribution in [0.3, 0.4) is 0 Å². The highest BCUT2D eigenvalue weighted by molar-refractivity contribution is 5.92. The van der Waals surface area contributed by atoms with E-state index in [1.54, 1.807) is 18.5 Å². The van der Waals surface area contributed by atoms with E-state index in [9.17, 15) is 4.79 Å². The number of carbonyl (C=O) groups excluding carboxylic acids is 1. The maximum atomic E-state index is 12.4. The molecule has 0 radical (unpaired) electrons. The van der Waals surface area contributed by atoms with Gasteiger partial charge < -0.3 is 19.7 Å². The van der Waals surface area contributed by atoms with Gasteiger partial charge in [0.1, 0.15) is 12.1 Å². The second-order valence-electron chi connectivity index (χ2n) is 7.00. The number of nitrogens with zero attached hydrogens (tertiary/aromatic N) is 4. The average molecular weight is 369 g/mol. The van der Waals surface area contributed by atoms with Crippen molar-refractivity contribution in [2.45, 2.75) is 19.9 Å². The van der Waals surface area contributed by atoms with Crippen LogP contribution in [0, 0.1) is 13.8 Å². The van der Waals surface area contributed by atoms with E-state index in [4.69, 9.17) is 9.47 Å². The second-order valence-corrected chi connectivity index (χ2v) is 7.00. The molecule has 0 spiro atoms. The van der Waals surface area contributed by atoms with Crippen LogP contribution in [0.25, 0.3) is 0 Å². The second kappa shape index (κ2) is 7.03. The molecule has 1 N–H and O–H groups in total. The highest BCUT2D eigenvalue weighted by atomic mass is 16.7. The SMILES string of the molecule is Cc1ncnc(N2CC(N(C)CC(=O)Nc3ccc4c(c3)OCO4)C2)c1C. The Morgan fingerprint density at radius 2 is 2.04 bits per heavy atom. The Balaban J connectivity index is 1.29. The molecule has 8 heteroatoms. The molecule has 3 heterocycles. The first kappa shape index (κ1) is 17.5. The molecule has 1 saturated heterocycles. The standard InChI is InChI=1S/C19H23N5O3/c1-12-13(2)20-10-21-19(12)24-7-15(8-24)23(3)9-18(25)22-14-4-5-16-17(6-14)27-11-26-16/h4-6,10,15H,7-9,11H2,1-3H3,(H,22,25). The first-order chi connectivity index (χ1) is 13.0. The molecule has 0 unspecified atom stereocenters. The number of nitrogens with one attached hydrogen (secondary N) is 1. The highest BCUT2D eigenvalue weighted by Gasteiger charge is 2.32. The minimum atomic E-state index is -0.0520. The monoisotopic (exact) mass is 369 g/mol. The first-order valence-corrected chi connectivity index (χ1v) is 8.94. The summed E-state index contributed by atoms with van der Waals surface area (Å²) >= 11 is 0. The fraction of sp³-hybridized carbons (Fsp3) is 0.421. The fourth-order valence-corrected chi connectivity index (χ4v) is 3.28. The largest absolute Gasteiger partial charge is 0.454 e. The molecule has 2 aliphatic heterocycles. The van der Waals surface area contributed by atoms with Gasteiger partial charge in [0, 0.05) is 42.1 Å². The molecule has 0 bridgehead atoms. The quantitative estimate of drug-likeness (QED) is 0.857. The number of aryl methyl sites for hydroxylation is 1. The summed E-state index contributed by atoms with van der Waals surface area (Å²) in [6.45, 7) is 6.29. The van der Waals surface area contributed by atoms with Crippen LogP contribution in [0.5, 0.6) is 11.5 Å². The van der Waals surface area contributed by atoms with E-state index in [2.05, 4.69) is 25.1 Å². The van der Waals surface area contributed by atoms with Crippen LogP contribution in [0.4, 0.5) is 11.5 Å². The summed E-state index contributed by atoms with van der Waals surface area (Å²) in [4.78, 5) is 25.3. The number of hydrogen-bond acceptors (Lipinski definition) is 7. The molecule has 0 aliphatic carbocycles. The fourth-order valence-electron chi connectivity index (χ4n) is 3.28. The zero-order valence-electron chi connectivity index (χ0n) is 15.7. The van der Waals surface area contributed by atoms with Crippen LogP contribution in [-0.2, 0) is 4.79 Å². The van der Waals surface area contributed by atoms with Crippen molar-refractivity contribution in [3.05, 3.63) is 35.8 Å². The minimum Gasteiger partial charge on any atom is -0.454 e. The van der Waals surface area contributed by atoms with Gasteiger partial charge >= 0.3 is 0 Å². The van der Waals surface area contributed by atoms with Gasteiger partial charge in [0.25, 0.3) is 0 Å². The zero-order chi connectivity index (χ0) is 19.0. The Morgan fingerprint density at radius 3 is 2.85 bits per heavy atom. The Labute approximate surface area is 158 Å². The lowest BCUT2D eigenvalue weighted by atomic mass is 10.1. The maximum Gasteiger partial charge on any atom is 0.238 e. The number of carbonyl (C=O) groups is 1. The molecule has 0 atom stereocenters. The smallest absolute Gasteiger partial charge is 0.238 e. The molecule has 2 aliphatic rings. The van der Waals surface area contributed by atoms with Gasteiger partial charge in [-0.15, -0.1) is 0 Å². The van der Waals surface area contributed by atoms with Gasteiger partial charge in [0.05, 0.1) is 6.54 Å². The number of hydrogen-bond donors (Lipinski definition) is 1. The molecule has 4 rings (SSSR count). The van der Waals surface area contributed by atoms with Gasteiger partial charge in [-0.25, -0.2) is 9.97 Å². The van der Waals surface area contributed by atoms with Crippen molar-refractivity contribution in [3.8, 4) is 11.5 Å². The van der Waals surface area contributed by atoms with E-state index < -0.39 is 0 Å². The number of amides is 1. The molecule has 1 aromatic heterocycles. The molecule has 1 amide bonds. The lowest BCUT2D eigenvalue weighted by Gasteiger charge is -2.45. The molecular formula is C19H23N5O3. The Bertz CT molecular complexity index is 866. The number of benzene rings is 1. The maximum absolute atomic E-state index is 12.4. The van der Waals surface area contributed by atoms with Gasteiger partial charge in [0.2, 0.25) is 12.7 Å². The Kier molecular flexibility index (Phi) is 4.57. The van der Waals surface area contributed by atoms with E-state index in [0.717, 1.165) is 30.2 Å². The van der Waals surface area contributed by atoms with Crippen molar-refractivity contribution < 1.29 is 14.3 Å². The molecule has 0 saturated carbocycles. The summed E-state index contributed by atoms with van der Waals surface area (Å²) in [7, 11) is 1.97. The first-order valence-electron chi connectivity index (χ1n) is 8.94. The Morgan fingerprint density at radius 1 is 1.26 bits per heavy atom. The number of likely N-dealkylation sites (N-methyl/N-ethyl adjacent to an activating group) is 1. The molecule has 27 heavy (non-hydrogen) atoms. The number of anilines is 2. The van der Waals surface area contributed by atoms with Crippen LogP contribution in [0.1, 0.15) is 11.3 Å². The van der Waals surface area contributed by atoms with Crippen LogP contribution in [0.2, 0.25) is 0 Å².